The van der Waals surface area contributed by atoms with E-state index in [-0.39, 0.29) is 6.04 Å². The highest BCUT2D eigenvalue weighted by Gasteiger charge is 2.09. The lowest BCUT2D eigenvalue weighted by atomic mass is 10.1. The summed E-state index contributed by atoms with van der Waals surface area (Å²) in [6, 6.07) is 15.9. The van der Waals surface area contributed by atoms with E-state index in [1.54, 1.807) is 7.11 Å². The molecule has 0 aliphatic rings. The molecule has 2 aromatic rings. The summed E-state index contributed by atoms with van der Waals surface area (Å²) in [7, 11) is 1.67. The third kappa shape index (κ3) is 3.10. The Hall–Kier alpha value is -2.47. The van der Waals surface area contributed by atoms with Crippen LogP contribution in [0.25, 0.3) is 0 Å². The number of anilines is 1. The van der Waals surface area contributed by atoms with Gasteiger partial charge >= 0.3 is 0 Å². The molecule has 0 fully saturated rings. The maximum Gasteiger partial charge on any atom is 0.142 e. The number of rotatable bonds is 4. The fourth-order valence-electron chi connectivity index (χ4n) is 2.11. The molecule has 0 aliphatic heterocycles. The molecule has 2 aromatic carbocycles. The van der Waals surface area contributed by atoms with Crippen molar-refractivity contribution in [1.29, 1.82) is 5.26 Å². The largest absolute Gasteiger partial charge is 0.495 e. The molecule has 0 amide bonds. The van der Waals surface area contributed by atoms with Gasteiger partial charge in [0.2, 0.25) is 0 Å². The molecule has 0 aromatic heterocycles. The van der Waals surface area contributed by atoms with Gasteiger partial charge in [0.05, 0.1) is 24.4 Å². The van der Waals surface area contributed by atoms with E-state index in [0.29, 0.717) is 5.56 Å². The van der Waals surface area contributed by atoms with Gasteiger partial charge in [-0.1, -0.05) is 18.2 Å². The van der Waals surface area contributed by atoms with Gasteiger partial charge < -0.3 is 10.1 Å². The molecule has 0 saturated heterocycles. The Kier molecular flexibility index (Phi) is 4.27. The number of nitriles is 1. The van der Waals surface area contributed by atoms with E-state index in [9.17, 15) is 0 Å². The highest BCUT2D eigenvalue weighted by molar-refractivity contribution is 5.58. The number of benzene rings is 2. The lowest BCUT2D eigenvalue weighted by Gasteiger charge is -2.18. The zero-order chi connectivity index (χ0) is 14.5. The van der Waals surface area contributed by atoms with E-state index in [1.165, 1.54) is 0 Å². The smallest absolute Gasteiger partial charge is 0.142 e. The first-order chi connectivity index (χ1) is 9.63. The summed E-state index contributed by atoms with van der Waals surface area (Å²) in [6.07, 6.45) is 0. The molecule has 0 heterocycles. The number of aryl methyl sites for hydroxylation is 1. The van der Waals surface area contributed by atoms with Crippen LogP contribution >= 0.6 is 0 Å². The van der Waals surface area contributed by atoms with E-state index in [2.05, 4.69) is 18.3 Å². The normalized spacial score (nSPS) is 11.5. The monoisotopic (exact) mass is 266 g/mol. The first kappa shape index (κ1) is 14.0. The van der Waals surface area contributed by atoms with Crippen molar-refractivity contribution >= 4 is 5.69 Å². The predicted molar refractivity (Wildman–Crippen MR) is 80.9 cm³/mol. The average Bonchev–Trinajstić information content (AvgIpc) is 2.49. The fraction of sp³-hybridized carbons (Fsp3) is 0.235. The minimum Gasteiger partial charge on any atom is -0.495 e. The molecule has 102 valence electrons. The molecule has 0 spiro atoms. The number of methoxy groups -OCH3 is 1. The third-order valence-corrected chi connectivity index (χ3v) is 3.24. The summed E-state index contributed by atoms with van der Waals surface area (Å²) >= 11 is 0. The number of hydrogen-bond acceptors (Lipinski definition) is 3. The quantitative estimate of drug-likeness (QED) is 0.908. The lowest BCUT2D eigenvalue weighted by Crippen LogP contribution is -2.08. The van der Waals surface area contributed by atoms with Gasteiger partial charge in [-0.3, -0.25) is 0 Å². The summed E-state index contributed by atoms with van der Waals surface area (Å²) in [5, 5.41) is 12.4. The number of hydrogen-bond donors (Lipinski definition) is 1. The minimum atomic E-state index is 0.0971. The van der Waals surface area contributed by atoms with Crippen molar-refractivity contribution in [2.75, 3.05) is 12.4 Å². The van der Waals surface area contributed by atoms with Crippen LogP contribution in [0.2, 0.25) is 0 Å². The van der Waals surface area contributed by atoms with Crippen molar-refractivity contribution in [2.24, 2.45) is 0 Å². The second-order valence-corrected chi connectivity index (χ2v) is 4.81. The fourth-order valence-corrected chi connectivity index (χ4v) is 2.11. The Morgan fingerprint density at radius 1 is 1.20 bits per heavy atom. The van der Waals surface area contributed by atoms with Crippen LogP contribution in [-0.2, 0) is 0 Å². The van der Waals surface area contributed by atoms with E-state index in [0.717, 1.165) is 22.6 Å². The molecular formula is C17H18N2O. The van der Waals surface area contributed by atoms with Crippen LogP contribution in [0.15, 0.2) is 42.5 Å². The van der Waals surface area contributed by atoms with E-state index in [1.807, 2.05) is 49.4 Å². The Bertz CT molecular complexity index is 644. The molecule has 0 aliphatic carbocycles. The van der Waals surface area contributed by atoms with Gasteiger partial charge in [0.25, 0.3) is 0 Å². The van der Waals surface area contributed by atoms with Crippen LogP contribution in [0, 0.1) is 18.3 Å². The van der Waals surface area contributed by atoms with Gasteiger partial charge in [0, 0.05) is 6.04 Å². The first-order valence-corrected chi connectivity index (χ1v) is 6.55. The maximum absolute atomic E-state index is 8.96. The molecule has 0 bridgehead atoms. The van der Waals surface area contributed by atoms with E-state index in [4.69, 9.17) is 10.00 Å². The Morgan fingerprint density at radius 3 is 2.70 bits per heavy atom. The first-order valence-electron chi connectivity index (χ1n) is 6.55. The molecule has 1 unspecified atom stereocenters. The number of nitrogens with zero attached hydrogens (tertiary/aromatic N) is 1. The van der Waals surface area contributed by atoms with Gasteiger partial charge in [-0.05, 0) is 49.2 Å². The Labute approximate surface area is 119 Å². The molecule has 1 N–H and O–H groups in total. The lowest BCUT2D eigenvalue weighted by molar-refractivity contribution is 0.416. The second-order valence-electron chi connectivity index (χ2n) is 4.81. The van der Waals surface area contributed by atoms with Gasteiger partial charge in [0.15, 0.2) is 0 Å². The molecule has 0 radical (unpaired) electrons. The molecule has 0 saturated carbocycles. The number of ether oxygens (including phenoxy) is 1. The van der Waals surface area contributed by atoms with Gasteiger partial charge in [-0.25, -0.2) is 0 Å². The summed E-state index contributed by atoms with van der Waals surface area (Å²) < 4.78 is 5.39. The maximum atomic E-state index is 8.96. The van der Waals surface area contributed by atoms with Crippen molar-refractivity contribution in [2.45, 2.75) is 19.9 Å². The topological polar surface area (TPSA) is 45.0 Å². The molecular weight excluding hydrogens is 248 g/mol. The minimum absolute atomic E-state index is 0.0971. The van der Waals surface area contributed by atoms with Crippen LogP contribution in [0.4, 0.5) is 5.69 Å². The van der Waals surface area contributed by atoms with Crippen molar-refractivity contribution in [3.63, 3.8) is 0 Å². The van der Waals surface area contributed by atoms with Crippen molar-refractivity contribution < 1.29 is 4.74 Å². The Morgan fingerprint density at radius 2 is 2.00 bits per heavy atom. The van der Waals surface area contributed by atoms with E-state index >= 15 is 0 Å². The number of nitrogens with one attached hydrogen (secondary N) is 1. The van der Waals surface area contributed by atoms with Crippen LogP contribution in [0.1, 0.15) is 29.7 Å². The van der Waals surface area contributed by atoms with Crippen molar-refractivity contribution in [3.05, 3.63) is 59.2 Å². The highest BCUT2D eigenvalue weighted by atomic mass is 16.5. The molecule has 1 atom stereocenters. The third-order valence-electron chi connectivity index (χ3n) is 3.24. The standard InChI is InChI=1S/C17H18N2O/c1-12-7-8-16(17(9-12)20-3)19-13(2)15-6-4-5-14(10-15)11-18/h4-10,13,19H,1-3H3. The van der Waals surface area contributed by atoms with Crippen LogP contribution in [0.5, 0.6) is 5.75 Å². The zero-order valence-electron chi connectivity index (χ0n) is 12.0. The van der Waals surface area contributed by atoms with Crippen molar-refractivity contribution in [3.8, 4) is 11.8 Å². The van der Waals surface area contributed by atoms with Gasteiger partial charge in [-0.2, -0.15) is 5.26 Å². The van der Waals surface area contributed by atoms with Crippen molar-refractivity contribution in [1.82, 2.24) is 0 Å². The Balaban J connectivity index is 2.23. The van der Waals surface area contributed by atoms with Crippen LogP contribution in [0.3, 0.4) is 0 Å². The van der Waals surface area contributed by atoms with E-state index < -0.39 is 0 Å². The summed E-state index contributed by atoms with van der Waals surface area (Å²) in [6.45, 7) is 4.10. The van der Waals surface area contributed by atoms with Crippen LogP contribution in [-0.4, -0.2) is 7.11 Å². The predicted octanol–water partition coefficient (Wildman–Crippen LogP) is 4.05. The average molecular weight is 266 g/mol. The summed E-state index contributed by atoms with van der Waals surface area (Å²) in [5.74, 6) is 0.827. The van der Waals surface area contributed by atoms with Crippen LogP contribution < -0.4 is 10.1 Å². The van der Waals surface area contributed by atoms with Gasteiger partial charge in [0.1, 0.15) is 5.75 Å². The molecule has 20 heavy (non-hydrogen) atoms. The summed E-state index contributed by atoms with van der Waals surface area (Å²) in [5.41, 5.74) is 3.86. The summed E-state index contributed by atoms with van der Waals surface area (Å²) in [4.78, 5) is 0. The molecule has 3 nitrogen and oxygen atoms in total. The second kappa shape index (κ2) is 6.12. The molecule has 2 rings (SSSR count). The SMILES string of the molecule is COc1cc(C)ccc1NC(C)c1cccc(C#N)c1. The molecule has 3 heteroatoms. The highest BCUT2D eigenvalue weighted by Crippen LogP contribution is 2.29. The van der Waals surface area contributed by atoms with Gasteiger partial charge in [-0.15, -0.1) is 0 Å². The zero-order valence-corrected chi connectivity index (χ0v) is 12.0.